The number of benzene rings is 1. The number of urea groups is 1. The third kappa shape index (κ3) is 2.98. The summed E-state index contributed by atoms with van der Waals surface area (Å²) in [5.41, 5.74) is 0.0588. The third-order valence-corrected chi connectivity index (χ3v) is 4.80. The Kier molecular flexibility index (Phi) is 4.51. The zero-order chi connectivity index (χ0) is 17.2. The predicted octanol–water partition coefficient (Wildman–Crippen LogP) is 1.31. The SMILES string of the molecule is O=C1CNC(=O)N1CCCNC(=O)C1(c2cccc(F)c2)CCC1. The summed E-state index contributed by atoms with van der Waals surface area (Å²) < 4.78 is 13.5. The topological polar surface area (TPSA) is 78.5 Å². The van der Waals surface area contributed by atoms with E-state index in [0.717, 1.165) is 11.3 Å². The summed E-state index contributed by atoms with van der Waals surface area (Å²) >= 11 is 0. The number of rotatable bonds is 6. The van der Waals surface area contributed by atoms with Crippen molar-refractivity contribution in [3.63, 3.8) is 0 Å². The van der Waals surface area contributed by atoms with Crippen molar-refractivity contribution in [1.29, 1.82) is 0 Å². The Bertz CT molecular complexity index is 657. The van der Waals surface area contributed by atoms with Crippen LogP contribution in [-0.2, 0) is 15.0 Å². The standard InChI is InChI=1S/C17H20FN3O3/c18-13-5-1-4-12(10-13)17(6-2-7-17)15(23)19-8-3-9-21-14(22)11-20-16(21)24/h1,4-5,10H,2-3,6-9,11H2,(H,19,23)(H,20,24). The van der Waals surface area contributed by atoms with E-state index in [9.17, 15) is 18.8 Å². The minimum absolute atomic E-state index is 0.0356. The first-order valence-electron chi connectivity index (χ1n) is 8.15. The Morgan fingerprint density at radius 1 is 1.33 bits per heavy atom. The molecular formula is C17H20FN3O3. The molecule has 7 heteroatoms. The van der Waals surface area contributed by atoms with Gasteiger partial charge >= 0.3 is 6.03 Å². The molecule has 0 bridgehead atoms. The molecule has 1 aromatic rings. The van der Waals surface area contributed by atoms with Gasteiger partial charge in [0.15, 0.2) is 0 Å². The molecule has 0 unspecified atom stereocenters. The number of amides is 4. The Balaban J connectivity index is 1.54. The number of hydrogen-bond donors (Lipinski definition) is 2. The molecule has 0 spiro atoms. The van der Waals surface area contributed by atoms with E-state index in [2.05, 4.69) is 10.6 Å². The number of carbonyl (C=O) groups is 3. The number of nitrogens with zero attached hydrogens (tertiary/aromatic N) is 1. The minimum Gasteiger partial charge on any atom is -0.355 e. The van der Waals surface area contributed by atoms with E-state index in [1.54, 1.807) is 12.1 Å². The summed E-state index contributed by atoms with van der Waals surface area (Å²) in [6.45, 7) is 0.679. The molecule has 0 atom stereocenters. The third-order valence-electron chi connectivity index (χ3n) is 4.80. The zero-order valence-electron chi connectivity index (χ0n) is 13.3. The summed E-state index contributed by atoms with van der Waals surface area (Å²) in [5.74, 6) is -0.705. The lowest BCUT2D eigenvalue weighted by molar-refractivity contribution is -0.129. The van der Waals surface area contributed by atoms with Crippen molar-refractivity contribution >= 4 is 17.8 Å². The fraction of sp³-hybridized carbons (Fsp3) is 0.471. The predicted molar refractivity (Wildman–Crippen MR) is 84.7 cm³/mol. The van der Waals surface area contributed by atoms with Crippen molar-refractivity contribution in [3.05, 3.63) is 35.6 Å². The van der Waals surface area contributed by atoms with E-state index in [1.165, 1.54) is 12.1 Å². The Hall–Kier alpha value is -2.44. The number of halogens is 1. The lowest BCUT2D eigenvalue weighted by atomic mass is 9.64. The smallest absolute Gasteiger partial charge is 0.324 e. The second kappa shape index (κ2) is 6.59. The molecule has 1 aliphatic heterocycles. The van der Waals surface area contributed by atoms with Gasteiger partial charge in [-0.15, -0.1) is 0 Å². The van der Waals surface area contributed by atoms with Gasteiger partial charge in [0.2, 0.25) is 11.8 Å². The van der Waals surface area contributed by atoms with Crippen LogP contribution in [0.3, 0.4) is 0 Å². The van der Waals surface area contributed by atoms with Crippen LogP contribution < -0.4 is 10.6 Å². The second-order valence-electron chi connectivity index (χ2n) is 6.26. The van der Waals surface area contributed by atoms with Crippen LogP contribution in [0.5, 0.6) is 0 Å². The van der Waals surface area contributed by atoms with Crippen LogP contribution >= 0.6 is 0 Å². The maximum absolute atomic E-state index is 13.5. The van der Waals surface area contributed by atoms with Crippen LogP contribution in [-0.4, -0.2) is 42.4 Å². The molecule has 1 heterocycles. The number of carbonyl (C=O) groups excluding carboxylic acids is 3. The molecule has 2 N–H and O–H groups in total. The minimum atomic E-state index is -0.650. The van der Waals surface area contributed by atoms with Gasteiger partial charge in [-0.05, 0) is 37.0 Å². The number of imide groups is 1. The van der Waals surface area contributed by atoms with E-state index in [0.29, 0.717) is 31.4 Å². The quantitative estimate of drug-likeness (QED) is 0.608. The van der Waals surface area contributed by atoms with Crippen LogP contribution in [0.4, 0.5) is 9.18 Å². The van der Waals surface area contributed by atoms with E-state index in [4.69, 9.17) is 0 Å². The van der Waals surface area contributed by atoms with E-state index in [-0.39, 0.29) is 36.8 Å². The maximum atomic E-state index is 13.5. The van der Waals surface area contributed by atoms with Crippen molar-refractivity contribution in [1.82, 2.24) is 15.5 Å². The summed E-state index contributed by atoms with van der Waals surface area (Å²) in [4.78, 5) is 36.6. The molecule has 3 rings (SSSR count). The highest BCUT2D eigenvalue weighted by Crippen LogP contribution is 2.44. The van der Waals surface area contributed by atoms with E-state index < -0.39 is 5.41 Å². The van der Waals surface area contributed by atoms with Gasteiger partial charge in [0.25, 0.3) is 0 Å². The monoisotopic (exact) mass is 333 g/mol. The van der Waals surface area contributed by atoms with Gasteiger partial charge in [-0.3, -0.25) is 14.5 Å². The van der Waals surface area contributed by atoms with Crippen molar-refractivity contribution in [2.75, 3.05) is 19.6 Å². The molecule has 4 amide bonds. The molecule has 2 aliphatic rings. The van der Waals surface area contributed by atoms with Crippen LogP contribution in [0, 0.1) is 5.82 Å². The van der Waals surface area contributed by atoms with Crippen molar-refractivity contribution in [2.45, 2.75) is 31.1 Å². The largest absolute Gasteiger partial charge is 0.355 e. The maximum Gasteiger partial charge on any atom is 0.324 e. The molecule has 1 saturated carbocycles. The molecule has 2 fully saturated rings. The van der Waals surface area contributed by atoms with Crippen LogP contribution in [0.25, 0.3) is 0 Å². The highest BCUT2D eigenvalue weighted by atomic mass is 19.1. The van der Waals surface area contributed by atoms with Gasteiger partial charge in [-0.1, -0.05) is 18.6 Å². The fourth-order valence-corrected chi connectivity index (χ4v) is 3.25. The highest BCUT2D eigenvalue weighted by Gasteiger charge is 2.45. The molecule has 1 aromatic carbocycles. The molecule has 24 heavy (non-hydrogen) atoms. The van der Waals surface area contributed by atoms with Gasteiger partial charge in [-0.25, -0.2) is 9.18 Å². The zero-order valence-corrected chi connectivity index (χ0v) is 13.3. The fourth-order valence-electron chi connectivity index (χ4n) is 3.25. The lowest BCUT2D eigenvalue weighted by Gasteiger charge is -2.40. The van der Waals surface area contributed by atoms with Gasteiger partial charge in [-0.2, -0.15) is 0 Å². The number of nitrogens with one attached hydrogen (secondary N) is 2. The summed E-state index contributed by atoms with van der Waals surface area (Å²) in [5, 5.41) is 5.32. The molecule has 0 radical (unpaired) electrons. The molecule has 128 valence electrons. The molecular weight excluding hydrogens is 313 g/mol. The van der Waals surface area contributed by atoms with Gasteiger partial charge in [0, 0.05) is 13.1 Å². The molecule has 6 nitrogen and oxygen atoms in total. The Morgan fingerprint density at radius 2 is 2.12 bits per heavy atom. The number of hydrogen-bond acceptors (Lipinski definition) is 3. The summed E-state index contributed by atoms with van der Waals surface area (Å²) in [6.07, 6.45) is 2.83. The van der Waals surface area contributed by atoms with Crippen molar-refractivity contribution < 1.29 is 18.8 Å². The van der Waals surface area contributed by atoms with Gasteiger partial charge in [0.05, 0.1) is 12.0 Å². The Morgan fingerprint density at radius 3 is 2.71 bits per heavy atom. The molecule has 1 aliphatic carbocycles. The van der Waals surface area contributed by atoms with Gasteiger partial charge < -0.3 is 10.6 Å². The van der Waals surface area contributed by atoms with Crippen LogP contribution in [0.2, 0.25) is 0 Å². The summed E-state index contributed by atoms with van der Waals surface area (Å²) in [6, 6.07) is 5.81. The lowest BCUT2D eigenvalue weighted by Crippen LogP contribution is -2.49. The Labute approximate surface area is 139 Å². The highest BCUT2D eigenvalue weighted by molar-refractivity contribution is 6.01. The first-order chi connectivity index (χ1) is 11.5. The van der Waals surface area contributed by atoms with E-state index >= 15 is 0 Å². The van der Waals surface area contributed by atoms with Crippen molar-refractivity contribution in [3.8, 4) is 0 Å². The molecule has 1 saturated heterocycles. The first kappa shape index (κ1) is 16.4. The normalized spacial score (nSPS) is 19.0. The van der Waals surface area contributed by atoms with E-state index in [1.807, 2.05) is 0 Å². The van der Waals surface area contributed by atoms with Crippen LogP contribution in [0.1, 0.15) is 31.2 Å². The molecule has 0 aromatic heterocycles. The average Bonchev–Trinajstić information content (AvgIpc) is 2.82. The van der Waals surface area contributed by atoms with Gasteiger partial charge in [0.1, 0.15) is 5.82 Å². The first-order valence-corrected chi connectivity index (χ1v) is 8.15. The van der Waals surface area contributed by atoms with Crippen molar-refractivity contribution in [2.24, 2.45) is 0 Å². The summed E-state index contributed by atoms with van der Waals surface area (Å²) in [7, 11) is 0. The van der Waals surface area contributed by atoms with Crippen LogP contribution in [0.15, 0.2) is 24.3 Å². The second-order valence-corrected chi connectivity index (χ2v) is 6.26. The average molecular weight is 333 g/mol.